The molecular weight excluding hydrogens is 270 g/mol. The number of hydrogen-bond donors (Lipinski definition) is 2. The van der Waals surface area contributed by atoms with Gasteiger partial charge in [-0.3, -0.25) is 4.79 Å². The summed E-state index contributed by atoms with van der Waals surface area (Å²) < 4.78 is 5.85. The van der Waals surface area contributed by atoms with Crippen molar-refractivity contribution in [2.75, 3.05) is 0 Å². The van der Waals surface area contributed by atoms with Gasteiger partial charge in [-0.1, -0.05) is 43.2 Å². The summed E-state index contributed by atoms with van der Waals surface area (Å²) in [6, 6.07) is 9.62. The van der Waals surface area contributed by atoms with Gasteiger partial charge in [0.2, 0.25) is 5.91 Å². The van der Waals surface area contributed by atoms with Gasteiger partial charge in [0.25, 0.3) is 0 Å². The van der Waals surface area contributed by atoms with Crippen LogP contribution in [-0.2, 0) is 20.9 Å². The molecule has 2 unspecified atom stereocenters. The number of rotatable bonds is 5. The van der Waals surface area contributed by atoms with Crippen LogP contribution in [0.15, 0.2) is 30.3 Å². The van der Waals surface area contributed by atoms with E-state index < -0.39 is 17.6 Å². The fourth-order valence-electron chi connectivity index (χ4n) is 2.89. The third kappa shape index (κ3) is 3.61. The van der Waals surface area contributed by atoms with Gasteiger partial charge in [0.1, 0.15) is 0 Å². The highest BCUT2D eigenvalue weighted by Gasteiger charge is 2.49. The molecule has 0 heterocycles. The predicted octanol–water partition coefficient (Wildman–Crippen LogP) is 2.11. The van der Waals surface area contributed by atoms with E-state index in [1.54, 1.807) is 0 Å². The third-order valence-corrected chi connectivity index (χ3v) is 3.91. The van der Waals surface area contributed by atoms with Crippen molar-refractivity contribution in [3.05, 3.63) is 35.9 Å². The largest absolute Gasteiger partial charge is 0.479 e. The number of aliphatic carboxylic acids is 1. The second kappa shape index (κ2) is 6.72. The normalized spacial score (nSPS) is 25.3. The number of nitrogens with one attached hydrogen (secondary N) is 1. The van der Waals surface area contributed by atoms with E-state index in [9.17, 15) is 14.7 Å². The van der Waals surface area contributed by atoms with E-state index in [-0.39, 0.29) is 5.91 Å². The second-order valence-corrected chi connectivity index (χ2v) is 5.49. The van der Waals surface area contributed by atoms with Crippen LogP contribution in [0.1, 0.15) is 38.2 Å². The maximum atomic E-state index is 11.7. The molecule has 0 bridgehead atoms. The highest BCUT2D eigenvalue weighted by atomic mass is 16.5. The molecule has 0 saturated heterocycles. The molecule has 21 heavy (non-hydrogen) atoms. The number of ether oxygens (including phenoxy) is 1. The number of carbonyl (C=O) groups is 2. The lowest BCUT2D eigenvalue weighted by Gasteiger charge is -2.40. The molecule has 1 aromatic carbocycles. The Kier molecular flexibility index (Phi) is 4.96. The van der Waals surface area contributed by atoms with E-state index in [4.69, 9.17) is 4.74 Å². The van der Waals surface area contributed by atoms with E-state index >= 15 is 0 Å². The van der Waals surface area contributed by atoms with Crippen LogP contribution in [0.3, 0.4) is 0 Å². The van der Waals surface area contributed by atoms with Crippen LogP contribution >= 0.6 is 0 Å². The molecule has 114 valence electrons. The minimum Gasteiger partial charge on any atom is -0.479 e. The Bertz CT molecular complexity index is 502. The first-order chi connectivity index (χ1) is 10.0. The number of amides is 1. The number of hydrogen-bond acceptors (Lipinski definition) is 3. The highest BCUT2D eigenvalue weighted by molar-refractivity contribution is 5.86. The Morgan fingerprint density at radius 3 is 2.67 bits per heavy atom. The van der Waals surface area contributed by atoms with Crippen molar-refractivity contribution in [3.8, 4) is 0 Å². The molecule has 0 aromatic heterocycles. The van der Waals surface area contributed by atoms with E-state index in [0.717, 1.165) is 18.4 Å². The molecular formula is C16H21NO4. The maximum Gasteiger partial charge on any atom is 0.332 e. The summed E-state index contributed by atoms with van der Waals surface area (Å²) >= 11 is 0. The van der Waals surface area contributed by atoms with Crippen molar-refractivity contribution in [1.29, 1.82) is 0 Å². The Balaban J connectivity index is 2.13. The summed E-state index contributed by atoms with van der Waals surface area (Å²) in [5.74, 6) is -1.36. The zero-order valence-corrected chi connectivity index (χ0v) is 12.2. The molecule has 1 aliphatic carbocycles. The van der Waals surface area contributed by atoms with Crippen LogP contribution in [0.2, 0.25) is 0 Å². The standard InChI is InChI=1S/C16H21NO4/c1-12(18)17-16(15(19)20)10-6-5-9-14(16)21-11-13-7-3-2-4-8-13/h2-4,7-8,14H,5-6,9-11H2,1H3,(H,17,18)(H,19,20). The minimum atomic E-state index is -1.31. The van der Waals surface area contributed by atoms with Crippen LogP contribution in [0, 0.1) is 0 Å². The molecule has 2 rings (SSSR count). The van der Waals surface area contributed by atoms with Crippen LogP contribution in [-0.4, -0.2) is 28.6 Å². The number of carboxylic acids is 1. The number of carbonyl (C=O) groups excluding carboxylic acids is 1. The summed E-state index contributed by atoms with van der Waals surface area (Å²) in [7, 11) is 0. The molecule has 2 atom stereocenters. The van der Waals surface area contributed by atoms with Crippen LogP contribution in [0.25, 0.3) is 0 Å². The fraction of sp³-hybridized carbons (Fsp3) is 0.500. The lowest BCUT2D eigenvalue weighted by atomic mass is 9.79. The molecule has 2 N–H and O–H groups in total. The van der Waals surface area contributed by atoms with Crippen LogP contribution in [0.4, 0.5) is 0 Å². The lowest BCUT2D eigenvalue weighted by Crippen LogP contribution is -2.63. The molecule has 1 saturated carbocycles. The molecule has 0 radical (unpaired) electrons. The maximum absolute atomic E-state index is 11.7. The fourth-order valence-corrected chi connectivity index (χ4v) is 2.89. The first-order valence-corrected chi connectivity index (χ1v) is 7.22. The number of carboxylic acid groups (broad SMARTS) is 1. The van der Waals surface area contributed by atoms with Gasteiger partial charge >= 0.3 is 5.97 Å². The molecule has 1 fully saturated rings. The topological polar surface area (TPSA) is 75.6 Å². The van der Waals surface area contributed by atoms with Crippen LogP contribution in [0.5, 0.6) is 0 Å². The average Bonchev–Trinajstić information content (AvgIpc) is 2.46. The van der Waals surface area contributed by atoms with Crippen molar-refractivity contribution in [1.82, 2.24) is 5.32 Å². The van der Waals surface area contributed by atoms with E-state index in [1.165, 1.54) is 6.92 Å². The van der Waals surface area contributed by atoms with Gasteiger partial charge in [-0.05, 0) is 18.4 Å². The average molecular weight is 291 g/mol. The Labute approximate surface area is 124 Å². The molecule has 1 aliphatic rings. The summed E-state index contributed by atoms with van der Waals surface area (Å²) in [6.07, 6.45) is 2.22. The van der Waals surface area contributed by atoms with Gasteiger partial charge in [-0.2, -0.15) is 0 Å². The SMILES string of the molecule is CC(=O)NC1(C(=O)O)CCCCC1OCc1ccccc1. The van der Waals surface area contributed by atoms with Crippen molar-refractivity contribution in [2.45, 2.75) is 50.9 Å². The molecule has 1 aromatic rings. The van der Waals surface area contributed by atoms with Crippen molar-refractivity contribution in [3.63, 3.8) is 0 Å². The number of benzene rings is 1. The summed E-state index contributed by atoms with van der Waals surface area (Å²) in [5, 5.41) is 12.2. The highest BCUT2D eigenvalue weighted by Crippen LogP contribution is 2.32. The first-order valence-electron chi connectivity index (χ1n) is 7.22. The monoisotopic (exact) mass is 291 g/mol. The second-order valence-electron chi connectivity index (χ2n) is 5.49. The zero-order valence-electron chi connectivity index (χ0n) is 12.2. The Morgan fingerprint density at radius 1 is 1.33 bits per heavy atom. The van der Waals surface area contributed by atoms with Gasteiger partial charge in [-0.25, -0.2) is 4.79 Å². The smallest absolute Gasteiger partial charge is 0.332 e. The molecule has 0 aliphatic heterocycles. The van der Waals surface area contributed by atoms with Gasteiger partial charge in [-0.15, -0.1) is 0 Å². The molecule has 0 spiro atoms. The Hall–Kier alpha value is -1.88. The van der Waals surface area contributed by atoms with Crippen LogP contribution < -0.4 is 5.32 Å². The van der Waals surface area contributed by atoms with Crippen molar-refractivity contribution in [2.24, 2.45) is 0 Å². The summed E-state index contributed by atoms with van der Waals surface area (Å²) in [6.45, 7) is 1.69. The summed E-state index contributed by atoms with van der Waals surface area (Å²) in [5.41, 5.74) is -0.316. The molecule has 5 nitrogen and oxygen atoms in total. The van der Waals surface area contributed by atoms with E-state index in [1.807, 2.05) is 30.3 Å². The molecule has 1 amide bonds. The predicted molar refractivity (Wildman–Crippen MR) is 77.7 cm³/mol. The third-order valence-electron chi connectivity index (χ3n) is 3.91. The van der Waals surface area contributed by atoms with Gasteiger partial charge in [0.05, 0.1) is 12.7 Å². The summed E-state index contributed by atoms with van der Waals surface area (Å²) in [4.78, 5) is 23.2. The first kappa shape index (κ1) is 15.5. The lowest BCUT2D eigenvalue weighted by molar-refractivity contribution is -0.159. The quantitative estimate of drug-likeness (QED) is 0.871. The van der Waals surface area contributed by atoms with Crippen molar-refractivity contribution < 1.29 is 19.4 Å². The van der Waals surface area contributed by atoms with Gasteiger partial charge in [0, 0.05) is 6.92 Å². The van der Waals surface area contributed by atoms with Crippen molar-refractivity contribution >= 4 is 11.9 Å². The minimum absolute atomic E-state index is 0.340. The zero-order chi connectivity index (χ0) is 15.3. The van der Waals surface area contributed by atoms with Gasteiger partial charge in [0.15, 0.2) is 5.54 Å². The van der Waals surface area contributed by atoms with E-state index in [0.29, 0.717) is 19.4 Å². The van der Waals surface area contributed by atoms with Gasteiger partial charge < -0.3 is 15.2 Å². The molecule has 5 heteroatoms. The Morgan fingerprint density at radius 2 is 2.05 bits per heavy atom. The van der Waals surface area contributed by atoms with E-state index in [2.05, 4.69) is 5.32 Å².